The van der Waals surface area contributed by atoms with Crippen molar-refractivity contribution in [3.63, 3.8) is 0 Å². The van der Waals surface area contributed by atoms with E-state index < -0.39 is 23.8 Å². The number of piperazine rings is 1. The minimum atomic E-state index is -0.808. The van der Waals surface area contributed by atoms with Crippen LogP contribution in [0.1, 0.15) is 6.92 Å². The predicted molar refractivity (Wildman–Crippen MR) is 124 cm³/mol. The fourth-order valence-corrected chi connectivity index (χ4v) is 4.39. The molecule has 1 aromatic rings. The Balaban J connectivity index is 1.41. The zero-order valence-electron chi connectivity index (χ0n) is 19.9. The number of ether oxygens (including phenoxy) is 1. The Labute approximate surface area is 202 Å². The fourth-order valence-electron chi connectivity index (χ4n) is 4.39. The highest BCUT2D eigenvalue weighted by atomic mass is 19.1. The quantitative estimate of drug-likeness (QED) is 0.625. The van der Waals surface area contributed by atoms with Gasteiger partial charge >= 0.3 is 12.1 Å². The molecule has 0 radical (unpaired) electrons. The molecule has 4 rings (SSSR count). The van der Waals surface area contributed by atoms with E-state index in [9.17, 15) is 14.4 Å². The van der Waals surface area contributed by atoms with Crippen LogP contribution >= 0.6 is 0 Å². The third-order valence-electron chi connectivity index (χ3n) is 6.36. The molecule has 3 aliphatic heterocycles. The molecule has 2 N–H and O–H groups in total. The lowest BCUT2D eigenvalue weighted by Crippen LogP contribution is -2.55. The molecule has 192 valence electrons. The Morgan fingerprint density at radius 3 is 2.43 bits per heavy atom. The molecule has 3 saturated heterocycles. The Morgan fingerprint density at radius 1 is 1.09 bits per heavy atom. The summed E-state index contributed by atoms with van der Waals surface area (Å²) in [7, 11) is 2.01. The molecule has 0 unspecified atom stereocenters. The van der Waals surface area contributed by atoms with E-state index in [-0.39, 0.29) is 49.5 Å². The number of hydrazine groups is 1. The SMILES string of the molecule is CC(=O)NC[C@H]1CN(c2cc(F)c(N3CCNN(C(=O)N4CCN(C)CC4)CC3)c(F)c2)C(=O)O1. The maximum atomic E-state index is 15.1. The standard InChI is InChI=1S/C22H31F2N7O4/c1-15(32)25-13-17-14-30(22(34)35-17)16-11-18(23)20(19(24)12-16)28-4-3-26-31(10-9-28)21(33)29-7-5-27(2)6-8-29/h11-12,17,26H,3-10,13-14H2,1-2H3,(H,25,32)/t17-/m0/s1. The van der Waals surface area contributed by atoms with E-state index in [2.05, 4.69) is 15.6 Å². The van der Waals surface area contributed by atoms with Gasteiger partial charge in [-0.15, -0.1) is 0 Å². The van der Waals surface area contributed by atoms with Crippen molar-refractivity contribution in [2.24, 2.45) is 0 Å². The highest BCUT2D eigenvalue weighted by molar-refractivity contribution is 5.90. The summed E-state index contributed by atoms with van der Waals surface area (Å²) >= 11 is 0. The van der Waals surface area contributed by atoms with Crippen LogP contribution in [0.3, 0.4) is 0 Å². The number of likely N-dealkylation sites (N-methyl/N-ethyl adjacent to an activating group) is 1. The molecule has 1 atom stereocenters. The highest BCUT2D eigenvalue weighted by Crippen LogP contribution is 2.31. The normalized spacial score (nSPS) is 21.7. The number of halogens is 2. The minimum Gasteiger partial charge on any atom is -0.442 e. The molecule has 3 heterocycles. The number of amides is 4. The molecule has 35 heavy (non-hydrogen) atoms. The Hall–Kier alpha value is -3.19. The zero-order chi connectivity index (χ0) is 25.1. The van der Waals surface area contributed by atoms with Crippen LogP contribution in [-0.4, -0.2) is 111 Å². The van der Waals surface area contributed by atoms with Crippen LogP contribution in [0.2, 0.25) is 0 Å². The maximum absolute atomic E-state index is 15.1. The number of anilines is 2. The summed E-state index contributed by atoms with van der Waals surface area (Å²) in [6, 6.07) is 2.07. The molecule has 0 aliphatic carbocycles. The van der Waals surface area contributed by atoms with Crippen LogP contribution in [0.4, 0.5) is 29.7 Å². The smallest absolute Gasteiger partial charge is 0.414 e. The van der Waals surface area contributed by atoms with Crippen molar-refractivity contribution in [3.05, 3.63) is 23.8 Å². The van der Waals surface area contributed by atoms with Crippen molar-refractivity contribution in [2.75, 3.05) is 82.3 Å². The molecule has 13 heteroatoms. The maximum Gasteiger partial charge on any atom is 0.414 e. The van der Waals surface area contributed by atoms with Gasteiger partial charge in [0, 0.05) is 64.9 Å². The molecule has 11 nitrogen and oxygen atoms in total. The second kappa shape index (κ2) is 10.6. The van der Waals surface area contributed by atoms with Crippen molar-refractivity contribution in [2.45, 2.75) is 13.0 Å². The number of rotatable bonds is 4. The summed E-state index contributed by atoms with van der Waals surface area (Å²) in [4.78, 5) is 42.8. The number of nitrogens with zero attached hydrogens (tertiary/aromatic N) is 5. The van der Waals surface area contributed by atoms with Crippen LogP contribution < -0.4 is 20.5 Å². The van der Waals surface area contributed by atoms with Crippen LogP contribution in [0.25, 0.3) is 0 Å². The van der Waals surface area contributed by atoms with E-state index >= 15 is 8.78 Å². The van der Waals surface area contributed by atoms with Crippen molar-refractivity contribution in [1.29, 1.82) is 0 Å². The van der Waals surface area contributed by atoms with E-state index in [1.54, 1.807) is 9.80 Å². The van der Waals surface area contributed by atoms with Gasteiger partial charge < -0.3 is 24.8 Å². The predicted octanol–water partition coefficient (Wildman–Crippen LogP) is 0.420. The summed E-state index contributed by atoms with van der Waals surface area (Å²) < 4.78 is 35.4. The van der Waals surface area contributed by atoms with Gasteiger partial charge in [-0.2, -0.15) is 0 Å². The highest BCUT2D eigenvalue weighted by Gasteiger charge is 2.34. The number of hydrogen-bond acceptors (Lipinski definition) is 7. The molecule has 3 fully saturated rings. The molecular formula is C22H31F2N7O4. The van der Waals surface area contributed by atoms with Gasteiger partial charge in [-0.3, -0.25) is 14.7 Å². The van der Waals surface area contributed by atoms with Crippen LogP contribution in [-0.2, 0) is 9.53 Å². The topological polar surface area (TPSA) is 101 Å². The number of cyclic esters (lactones) is 1. The van der Waals surface area contributed by atoms with Gasteiger partial charge in [0.2, 0.25) is 5.91 Å². The van der Waals surface area contributed by atoms with E-state index in [1.165, 1.54) is 11.9 Å². The number of carbonyl (C=O) groups is 3. The van der Waals surface area contributed by atoms with Gasteiger partial charge in [-0.05, 0) is 7.05 Å². The van der Waals surface area contributed by atoms with Crippen molar-refractivity contribution in [1.82, 2.24) is 25.6 Å². The van der Waals surface area contributed by atoms with Gasteiger partial charge in [0.05, 0.1) is 25.3 Å². The molecule has 1 aromatic carbocycles. The monoisotopic (exact) mass is 495 g/mol. The number of urea groups is 1. The summed E-state index contributed by atoms with van der Waals surface area (Å²) in [5.41, 5.74) is 2.90. The molecule has 4 amide bonds. The van der Waals surface area contributed by atoms with Gasteiger partial charge in [-0.1, -0.05) is 0 Å². The van der Waals surface area contributed by atoms with Crippen LogP contribution in [0, 0.1) is 11.6 Å². The number of hydrogen-bond donors (Lipinski definition) is 2. The van der Waals surface area contributed by atoms with E-state index in [0.717, 1.165) is 30.1 Å². The first-order valence-electron chi connectivity index (χ1n) is 11.7. The second-order valence-corrected chi connectivity index (χ2v) is 8.93. The first-order valence-corrected chi connectivity index (χ1v) is 11.7. The van der Waals surface area contributed by atoms with Crippen molar-refractivity contribution >= 4 is 29.4 Å². The summed E-state index contributed by atoms with van der Waals surface area (Å²) in [5.74, 6) is -1.88. The first kappa shape index (κ1) is 24.9. The molecule has 0 saturated carbocycles. The first-order chi connectivity index (χ1) is 16.7. The minimum absolute atomic E-state index is 0.0406. The van der Waals surface area contributed by atoms with Gasteiger partial charge in [-0.25, -0.2) is 23.8 Å². The fraction of sp³-hybridized carbons (Fsp3) is 0.591. The lowest BCUT2D eigenvalue weighted by atomic mass is 10.2. The summed E-state index contributed by atoms with van der Waals surface area (Å²) in [6.45, 7) is 5.52. The van der Waals surface area contributed by atoms with Gasteiger partial charge in [0.1, 0.15) is 11.8 Å². The summed E-state index contributed by atoms with van der Waals surface area (Å²) in [5, 5.41) is 4.06. The number of benzene rings is 1. The number of carbonyl (C=O) groups excluding carboxylic acids is 3. The third kappa shape index (κ3) is 5.73. The molecule has 0 spiro atoms. The largest absolute Gasteiger partial charge is 0.442 e. The van der Waals surface area contributed by atoms with Crippen LogP contribution in [0.15, 0.2) is 12.1 Å². The van der Waals surface area contributed by atoms with Crippen molar-refractivity contribution < 1.29 is 27.9 Å². The van der Waals surface area contributed by atoms with Gasteiger partial charge in [0.25, 0.3) is 0 Å². The lowest BCUT2D eigenvalue weighted by Gasteiger charge is -2.35. The van der Waals surface area contributed by atoms with Crippen LogP contribution in [0.5, 0.6) is 0 Å². The second-order valence-electron chi connectivity index (χ2n) is 8.93. The third-order valence-corrected chi connectivity index (χ3v) is 6.36. The van der Waals surface area contributed by atoms with Crippen molar-refractivity contribution in [3.8, 4) is 0 Å². The van der Waals surface area contributed by atoms with E-state index in [0.29, 0.717) is 26.2 Å². The Morgan fingerprint density at radius 2 is 1.77 bits per heavy atom. The zero-order valence-corrected chi connectivity index (χ0v) is 19.9. The Bertz CT molecular complexity index is 950. The van der Waals surface area contributed by atoms with Gasteiger partial charge in [0.15, 0.2) is 11.6 Å². The molecule has 3 aliphatic rings. The van der Waals surface area contributed by atoms with E-state index in [1.807, 2.05) is 7.05 Å². The molecular weight excluding hydrogens is 464 g/mol. The number of nitrogens with one attached hydrogen (secondary N) is 2. The Kier molecular flexibility index (Phi) is 7.55. The molecule has 0 aromatic heterocycles. The van der Waals surface area contributed by atoms with E-state index in [4.69, 9.17) is 4.74 Å². The lowest BCUT2D eigenvalue weighted by molar-refractivity contribution is -0.119. The average Bonchev–Trinajstić information content (AvgIpc) is 3.02. The summed E-state index contributed by atoms with van der Waals surface area (Å²) in [6.07, 6.45) is -1.35. The molecule has 0 bridgehead atoms. The average molecular weight is 496 g/mol.